The Morgan fingerprint density at radius 3 is 1.12 bits per heavy atom. The first-order valence-corrected chi connectivity index (χ1v) is 48.7. The summed E-state index contributed by atoms with van der Waals surface area (Å²) < 4.78 is 0. The molecule has 0 amide bonds. The Labute approximate surface area is 908 Å². The Morgan fingerprint density at radius 2 is 0.676 bits per heavy atom. The quantitative estimate of drug-likeness (QED) is 0.0409. The van der Waals surface area contributed by atoms with Crippen molar-refractivity contribution in [3.63, 3.8) is 0 Å². The third kappa shape index (κ3) is 41.8. The van der Waals surface area contributed by atoms with Gasteiger partial charge in [-0.3, -0.25) is 34.1 Å². The topological polar surface area (TPSA) is 227 Å². The molecule has 142 heavy (non-hydrogen) atoms. The van der Waals surface area contributed by atoms with Gasteiger partial charge in [0.15, 0.2) is 23.1 Å². The summed E-state index contributed by atoms with van der Waals surface area (Å²) in [7, 11) is -1.28. The fourth-order valence-electron chi connectivity index (χ4n) is 14.9. The first-order chi connectivity index (χ1) is 64.9. The summed E-state index contributed by atoms with van der Waals surface area (Å²) >= 11 is 0. The van der Waals surface area contributed by atoms with E-state index >= 15 is 0 Å². The molecular weight excluding hydrogens is 2670 g/mol. The maximum absolute atomic E-state index is 10.0. The van der Waals surface area contributed by atoms with Gasteiger partial charge in [-0.25, -0.2) is 0 Å². The molecule has 0 bridgehead atoms. The van der Waals surface area contributed by atoms with E-state index in [1.54, 1.807) is 6.20 Å². The van der Waals surface area contributed by atoms with Crippen LogP contribution in [-0.4, -0.2) is 81.5 Å². The number of carbonyl (C=O) groups excluding carboxylic acids is 4. The van der Waals surface area contributed by atoms with E-state index in [2.05, 4.69) is 325 Å². The van der Waals surface area contributed by atoms with Crippen LogP contribution in [0.5, 0.6) is 0 Å². The van der Waals surface area contributed by atoms with Crippen LogP contribution in [0.3, 0.4) is 0 Å². The number of nitrogens with zero attached hydrogens (tertiary/aromatic N) is 6. The Morgan fingerprint density at radius 1 is 0.289 bits per heavy atom. The zero-order valence-corrected chi connectivity index (χ0v) is 98.0. The molecule has 0 aliphatic rings. The minimum Gasteiger partial charge on any atom is -0.512 e. The number of aliphatic hydroxyl groups excluding tert-OH is 4. The van der Waals surface area contributed by atoms with Crippen LogP contribution < -0.4 is 5.19 Å². The Kier molecular flexibility index (Phi) is 53.3. The van der Waals surface area contributed by atoms with Crippen LogP contribution in [0.25, 0.3) is 122 Å². The number of allylic oxidation sites excluding steroid dienone is 8. The number of benzene rings is 11. The molecule has 745 valence electrons. The van der Waals surface area contributed by atoms with Crippen molar-refractivity contribution in [1.82, 2.24) is 29.9 Å². The number of hydrogen-bond donors (Lipinski definition) is 4. The Bertz CT molecular complexity index is 6970. The van der Waals surface area contributed by atoms with Crippen molar-refractivity contribution in [3.8, 4) is 67.5 Å². The standard InChI is InChI=1S/C20H22NSi.2C19H18N.C18H16N.C15H10N.C11H8N.4C5H8O2.5Ir/c1-14-10-15(2)12-17(11-14)20-8-6-16-13-18(22(3,4)5)7-9-19(16)21-20;1-12-7-13(2)10-16(9-12)18-6-5-17-15(4)8-14(3)11-19(17)20-18;1-12-5-6-17-15(4)11-18(20-19(17)10-12)16-8-13(2)7-14(3)9-16;1-12-8-13(2)10-16(9-12)18-14(3)17-7-5-4-6-15(17)11-19-18;1-2-6-12(7-3-1)15-10-13-8-4-5-9-14(13)11-16-15;1-2-6-10(7-3-1)11-8-4-5-9-12-11;4*1-4(6)3-5(2)7;;;;;/h6-11,13H,1-5H3;5-9,11H,1-4H3;5-8,10-11H,1-4H3;4-9,11H,1-3H3;1-6,8-11H;1-6,8-9H;4*3,6H,1-2H3;;;;;/q6*-1;;;;;;;;;. The summed E-state index contributed by atoms with van der Waals surface area (Å²) in [6.45, 7) is 45.9. The van der Waals surface area contributed by atoms with Crippen LogP contribution in [0.15, 0.2) is 315 Å². The molecule has 0 unspecified atom stereocenters. The Hall–Kier alpha value is -12.1. The van der Waals surface area contributed by atoms with Crippen molar-refractivity contribution in [2.24, 2.45) is 0 Å². The van der Waals surface area contributed by atoms with Crippen molar-refractivity contribution in [2.45, 2.75) is 165 Å². The van der Waals surface area contributed by atoms with Crippen molar-refractivity contribution in [1.29, 1.82) is 0 Å². The van der Waals surface area contributed by atoms with Crippen molar-refractivity contribution >= 4 is 90.6 Å². The van der Waals surface area contributed by atoms with Crippen molar-refractivity contribution < 1.29 is 140 Å². The van der Waals surface area contributed by atoms with Gasteiger partial charge in [0.25, 0.3) is 0 Å². The zero-order valence-electron chi connectivity index (χ0n) is 85.0. The van der Waals surface area contributed by atoms with Gasteiger partial charge in [0.2, 0.25) is 0 Å². The monoisotopic (exact) mass is 2790 g/mol. The molecule has 6 heterocycles. The maximum atomic E-state index is 10.0. The molecule has 5 radical (unpaired) electrons. The van der Waals surface area contributed by atoms with Gasteiger partial charge in [-0.2, -0.15) is 0 Å². The minimum atomic E-state index is -1.28. The molecule has 0 saturated heterocycles. The predicted molar refractivity (Wildman–Crippen MR) is 571 cm³/mol. The maximum Gasteiger partial charge on any atom is 0.155 e. The van der Waals surface area contributed by atoms with E-state index in [4.69, 9.17) is 35.4 Å². The number of pyridine rings is 6. The number of hydrogen-bond acceptors (Lipinski definition) is 14. The summed E-state index contributed by atoms with van der Waals surface area (Å²) in [5.41, 5.74) is 31.4. The second kappa shape index (κ2) is 61.0. The van der Waals surface area contributed by atoms with Gasteiger partial charge in [-0.05, 0) is 198 Å². The number of ketones is 4. The van der Waals surface area contributed by atoms with E-state index in [-0.39, 0.29) is 147 Å². The molecule has 0 aliphatic heterocycles. The van der Waals surface area contributed by atoms with Gasteiger partial charge in [0.1, 0.15) is 0 Å². The average molecular weight is 2790 g/mol. The summed E-state index contributed by atoms with van der Waals surface area (Å²) in [5.74, 6) is -0.250. The molecule has 0 spiro atoms. The molecule has 14 nitrogen and oxygen atoms in total. The van der Waals surface area contributed by atoms with E-state index in [0.717, 1.165) is 106 Å². The first-order valence-electron chi connectivity index (χ1n) is 45.2. The molecule has 17 aromatic rings. The largest absolute Gasteiger partial charge is 0.512 e. The van der Waals surface area contributed by atoms with Gasteiger partial charge in [0, 0.05) is 154 Å². The SMILES string of the molecule is CC(=O)C=C(C)O.CC(=O)C=C(C)O.CC(=O)C=C(C)O.CC(=O)C=C(C)O.Cc1[c-]c(-c2cc(C)c3ccc(C)cc3n2)cc(C)c1.Cc1[c-]c(-c2ccc3c(C)cc(C)cc3n2)cc(C)c1.Cc1[c-]c(-c2ccc3cc([Si](C)(C)C)ccc3n2)cc(C)c1.Cc1[c-]c(-c2ncc3ccccc3c2C)cc(C)c1.[Ir].[Ir].[Ir].[Ir].[Ir].[c-]1ccccc1-c1cc2ccccc2cn1.[c-]1ccccc1-c1ccccn1. The minimum absolute atomic E-state index is 0. The number of aromatic nitrogens is 6. The summed E-state index contributed by atoms with van der Waals surface area (Å²) in [5, 5.41) is 43.4. The summed E-state index contributed by atoms with van der Waals surface area (Å²) in [4.78, 5) is 67.8. The average Bonchev–Trinajstić information content (AvgIpc) is 0.801. The van der Waals surface area contributed by atoms with Crippen LogP contribution in [0.1, 0.15) is 128 Å². The number of aryl methyl sites for hydroxylation is 13. The molecule has 6 aromatic heterocycles. The zero-order chi connectivity index (χ0) is 100. The predicted octanol–water partition coefficient (Wildman–Crippen LogP) is 29.7. The van der Waals surface area contributed by atoms with Gasteiger partial charge in [0.05, 0.1) is 47.7 Å². The van der Waals surface area contributed by atoms with Gasteiger partial charge in [-0.1, -0.05) is 213 Å². The molecule has 4 N–H and O–H groups in total. The summed E-state index contributed by atoms with van der Waals surface area (Å²) in [6.07, 6.45) is 10.3. The number of fused-ring (bicyclic) bond motifs is 5. The molecule has 20 heteroatoms. The van der Waals surface area contributed by atoms with Crippen LogP contribution in [0.4, 0.5) is 0 Å². The van der Waals surface area contributed by atoms with E-state index in [0.29, 0.717) is 0 Å². The molecule has 0 atom stereocenters. The van der Waals surface area contributed by atoms with E-state index in [1.165, 1.54) is 173 Å². The molecule has 0 aliphatic carbocycles. The molecule has 17 rings (SSSR count). The molecule has 11 aromatic carbocycles. The van der Waals surface area contributed by atoms with Gasteiger partial charge >= 0.3 is 0 Å². The number of rotatable bonds is 11. The Balaban J connectivity index is 0.000000415. The number of carbonyl (C=O) groups is 4. The van der Waals surface area contributed by atoms with Crippen LogP contribution in [0, 0.1) is 126 Å². The van der Waals surface area contributed by atoms with E-state index < -0.39 is 8.07 Å². The molecular formula is C122H124Ir5N6O8Si-6. The van der Waals surface area contributed by atoms with Crippen LogP contribution >= 0.6 is 0 Å². The van der Waals surface area contributed by atoms with E-state index in [1.807, 2.05) is 97.3 Å². The van der Waals surface area contributed by atoms with Gasteiger partial charge < -0.3 is 35.4 Å². The normalized spacial score (nSPS) is 10.6. The third-order valence-electron chi connectivity index (χ3n) is 20.5. The second-order valence-corrected chi connectivity index (χ2v) is 40.2. The van der Waals surface area contributed by atoms with Crippen LogP contribution in [-0.2, 0) is 120 Å². The van der Waals surface area contributed by atoms with Gasteiger partial charge in [-0.15, -0.1) is 211 Å². The molecule has 0 fully saturated rings. The first kappa shape index (κ1) is 124. The molecule has 0 saturated carbocycles. The van der Waals surface area contributed by atoms with Crippen molar-refractivity contribution in [3.05, 3.63) is 423 Å². The smallest absolute Gasteiger partial charge is 0.155 e. The van der Waals surface area contributed by atoms with Crippen LogP contribution in [0.2, 0.25) is 19.6 Å². The van der Waals surface area contributed by atoms with Crippen molar-refractivity contribution in [2.75, 3.05) is 0 Å². The second-order valence-electron chi connectivity index (χ2n) is 35.2. The van der Waals surface area contributed by atoms with E-state index in [9.17, 15) is 19.2 Å². The fourth-order valence-corrected chi connectivity index (χ4v) is 16.0. The fraction of sp³-hybridized carbons (Fsp3) is 0.197. The summed E-state index contributed by atoms with van der Waals surface area (Å²) in [6, 6.07) is 106. The third-order valence-corrected chi connectivity index (χ3v) is 22.6. The number of aliphatic hydroxyl groups is 4.